The molecule has 7 heteroatoms. The van der Waals surface area contributed by atoms with E-state index in [1.54, 1.807) is 41.5 Å². The number of likely N-dealkylation sites (N-methyl/N-ethyl adjacent to an activating group) is 2. The van der Waals surface area contributed by atoms with Crippen LogP contribution in [-0.4, -0.2) is 64.2 Å². The fourth-order valence-electron chi connectivity index (χ4n) is 2.29. The highest BCUT2D eigenvalue weighted by atomic mass is 16.6. The largest absolute Gasteiger partial charge is 0.480 e. The van der Waals surface area contributed by atoms with Crippen molar-refractivity contribution in [3.05, 3.63) is 0 Å². The summed E-state index contributed by atoms with van der Waals surface area (Å²) in [5.74, 6) is -1.63. The van der Waals surface area contributed by atoms with Crippen molar-refractivity contribution in [2.45, 2.75) is 72.6 Å². The van der Waals surface area contributed by atoms with Crippen molar-refractivity contribution in [1.29, 1.82) is 0 Å². The molecular formula is C17H32N2O5. The van der Waals surface area contributed by atoms with Crippen LogP contribution in [-0.2, 0) is 14.3 Å². The zero-order chi connectivity index (χ0) is 19.2. The average Bonchev–Trinajstić information content (AvgIpc) is 2.47. The number of amides is 2. The second-order valence-corrected chi connectivity index (χ2v) is 7.06. The van der Waals surface area contributed by atoms with Crippen LogP contribution in [0.4, 0.5) is 4.79 Å². The van der Waals surface area contributed by atoms with Gasteiger partial charge in [0, 0.05) is 13.6 Å². The number of aliphatic carboxylic acids is 1. The van der Waals surface area contributed by atoms with Crippen LogP contribution in [0.3, 0.4) is 0 Å². The molecule has 140 valence electrons. The van der Waals surface area contributed by atoms with Gasteiger partial charge in [0.25, 0.3) is 0 Å². The molecule has 0 fully saturated rings. The Balaban J connectivity index is 5.31. The van der Waals surface area contributed by atoms with Gasteiger partial charge in [-0.25, -0.2) is 9.59 Å². The van der Waals surface area contributed by atoms with Crippen molar-refractivity contribution >= 4 is 18.0 Å². The zero-order valence-corrected chi connectivity index (χ0v) is 16.1. The molecule has 0 saturated carbocycles. The molecule has 0 aliphatic heterocycles. The van der Waals surface area contributed by atoms with Gasteiger partial charge < -0.3 is 14.7 Å². The van der Waals surface area contributed by atoms with Crippen LogP contribution < -0.4 is 0 Å². The molecule has 3 atom stereocenters. The van der Waals surface area contributed by atoms with E-state index in [0.29, 0.717) is 6.42 Å². The minimum Gasteiger partial charge on any atom is -0.480 e. The maximum atomic E-state index is 12.8. The molecule has 0 spiro atoms. The van der Waals surface area contributed by atoms with Gasteiger partial charge in [-0.05, 0) is 40.5 Å². The van der Waals surface area contributed by atoms with E-state index < -0.39 is 35.7 Å². The first-order valence-electron chi connectivity index (χ1n) is 8.36. The molecule has 1 N–H and O–H groups in total. The molecule has 0 heterocycles. The van der Waals surface area contributed by atoms with Gasteiger partial charge in [-0.3, -0.25) is 9.69 Å². The predicted molar refractivity (Wildman–Crippen MR) is 91.7 cm³/mol. The number of carbonyl (C=O) groups is 3. The second-order valence-electron chi connectivity index (χ2n) is 7.06. The number of ether oxygens (including phenoxy) is 1. The first-order chi connectivity index (χ1) is 10.9. The summed E-state index contributed by atoms with van der Waals surface area (Å²) in [7, 11) is 1.48. The molecular weight excluding hydrogens is 312 g/mol. The SMILES string of the molecule is CCC(C)[C@@H](C(=O)O)N(CC)C(=O)[C@@H](C)N(C)C(=O)OC(C)(C)C. The van der Waals surface area contributed by atoms with Crippen molar-refractivity contribution in [2.75, 3.05) is 13.6 Å². The average molecular weight is 344 g/mol. The highest BCUT2D eigenvalue weighted by Gasteiger charge is 2.37. The Morgan fingerprint density at radius 3 is 1.96 bits per heavy atom. The van der Waals surface area contributed by atoms with Crippen LogP contribution in [0.1, 0.15) is 54.9 Å². The molecule has 0 aliphatic rings. The van der Waals surface area contributed by atoms with Gasteiger partial charge >= 0.3 is 12.1 Å². The van der Waals surface area contributed by atoms with E-state index in [0.717, 1.165) is 0 Å². The number of carboxylic acids is 1. The van der Waals surface area contributed by atoms with Crippen LogP contribution in [0.25, 0.3) is 0 Å². The van der Waals surface area contributed by atoms with Gasteiger partial charge in [0.05, 0.1) is 0 Å². The third kappa shape index (κ3) is 6.02. The smallest absolute Gasteiger partial charge is 0.410 e. The van der Waals surface area contributed by atoms with Crippen LogP contribution in [0.5, 0.6) is 0 Å². The van der Waals surface area contributed by atoms with Crippen LogP contribution in [0, 0.1) is 5.92 Å². The van der Waals surface area contributed by atoms with Gasteiger partial charge in [0.1, 0.15) is 17.7 Å². The van der Waals surface area contributed by atoms with Gasteiger partial charge in [-0.15, -0.1) is 0 Å². The molecule has 2 amide bonds. The van der Waals surface area contributed by atoms with Crippen molar-refractivity contribution < 1.29 is 24.2 Å². The normalized spacial score (nSPS) is 15.2. The number of rotatable bonds is 7. The van der Waals surface area contributed by atoms with Gasteiger partial charge in [0.2, 0.25) is 5.91 Å². The predicted octanol–water partition coefficient (Wildman–Crippen LogP) is 2.59. The van der Waals surface area contributed by atoms with Gasteiger partial charge in [0.15, 0.2) is 0 Å². The lowest BCUT2D eigenvalue weighted by Crippen LogP contribution is -2.55. The summed E-state index contributed by atoms with van der Waals surface area (Å²) in [4.78, 5) is 39.0. The van der Waals surface area contributed by atoms with Crippen molar-refractivity contribution in [3.63, 3.8) is 0 Å². The van der Waals surface area contributed by atoms with E-state index in [1.165, 1.54) is 16.8 Å². The van der Waals surface area contributed by atoms with E-state index in [2.05, 4.69) is 0 Å². The van der Waals surface area contributed by atoms with Crippen LogP contribution in [0.15, 0.2) is 0 Å². The standard InChI is InChI=1S/C17H32N2O5/c1-9-11(3)13(15(21)22)19(10-2)14(20)12(4)18(8)16(23)24-17(5,6)7/h11-13H,9-10H2,1-8H3,(H,21,22)/t11?,12-,13+/m1/s1. The minimum absolute atomic E-state index is 0.189. The van der Waals surface area contributed by atoms with Crippen molar-refractivity contribution in [2.24, 2.45) is 5.92 Å². The van der Waals surface area contributed by atoms with Crippen LogP contribution in [0.2, 0.25) is 0 Å². The highest BCUT2D eigenvalue weighted by molar-refractivity contribution is 5.89. The molecule has 0 aliphatic carbocycles. The molecule has 0 bridgehead atoms. The Kier molecular flexibility index (Phi) is 8.23. The molecule has 0 aromatic carbocycles. The fraction of sp³-hybridized carbons (Fsp3) is 0.824. The Morgan fingerprint density at radius 2 is 1.62 bits per heavy atom. The van der Waals surface area contributed by atoms with E-state index in [9.17, 15) is 19.5 Å². The Labute approximate surface area is 144 Å². The van der Waals surface area contributed by atoms with Gasteiger partial charge in [-0.1, -0.05) is 20.3 Å². The molecule has 0 aromatic heterocycles. The quantitative estimate of drug-likeness (QED) is 0.767. The lowest BCUT2D eigenvalue weighted by molar-refractivity contribution is -0.154. The van der Waals surface area contributed by atoms with Crippen molar-refractivity contribution in [3.8, 4) is 0 Å². The molecule has 24 heavy (non-hydrogen) atoms. The summed E-state index contributed by atoms with van der Waals surface area (Å²) < 4.78 is 5.26. The third-order valence-electron chi connectivity index (χ3n) is 4.02. The molecule has 0 rings (SSSR count). The number of hydrogen-bond donors (Lipinski definition) is 1. The molecule has 0 saturated heterocycles. The number of carbonyl (C=O) groups excluding carboxylic acids is 2. The maximum absolute atomic E-state index is 12.8. The van der Waals surface area contributed by atoms with E-state index >= 15 is 0 Å². The van der Waals surface area contributed by atoms with E-state index in [1.807, 2.05) is 6.92 Å². The molecule has 0 aromatic rings. The second kappa shape index (κ2) is 8.89. The summed E-state index contributed by atoms with van der Waals surface area (Å²) in [5, 5.41) is 9.51. The fourth-order valence-corrected chi connectivity index (χ4v) is 2.29. The van der Waals surface area contributed by atoms with Crippen LogP contribution >= 0.6 is 0 Å². The lowest BCUT2D eigenvalue weighted by Gasteiger charge is -2.36. The maximum Gasteiger partial charge on any atom is 0.410 e. The highest BCUT2D eigenvalue weighted by Crippen LogP contribution is 2.18. The number of carboxylic acid groups (broad SMARTS) is 1. The Bertz CT molecular complexity index is 458. The Morgan fingerprint density at radius 1 is 1.12 bits per heavy atom. The number of nitrogens with zero attached hydrogens (tertiary/aromatic N) is 2. The van der Waals surface area contributed by atoms with Gasteiger partial charge in [-0.2, -0.15) is 0 Å². The molecule has 1 unspecified atom stereocenters. The van der Waals surface area contributed by atoms with E-state index in [-0.39, 0.29) is 12.5 Å². The van der Waals surface area contributed by atoms with Crippen molar-refractivity contribution in [1.82, 2.24) is 9.80 Å². The first kappa shape index (κ1) is 22.2. The number of hydrogen-bond acceptors (Lipinski definition) is 4. The summed E-state index contributed by atoms with van der Waals surface area (Å²) >= 11 is 0. The lowest BCUT2D eigenvalue weighted by atomic mass is 9.97. The topological polar surface area (TPSA) is 87.2 Å². The summed E-state index contributed by atoms with van der Waals surface area (Å²) in [6, 6.07) is -1.73. The minimum atomic E-state index is -1.04. The monoisotopic (exact) mass is 344 g/mol. The molecule has 0 radical (unpaired) electrons. The van der Waals surface area contributed by atoms with E-state index in [4.69, 9.17) is 4.74 Å². The summed E-state index contributed by atoms with van der Waals surface area (Å²) in [5.41, 5.74) is -0.668. The summed E-state index contributed by atoms with van der Waals surface area (Å²) in [6.07, 6.45) is 0.0200. The third-order valence-corrected chi connectivity index (χ3v) is 4.02. The zero-order valence-electron chi connectivity index (χ0n) is 16.1. The molecule has 7 nitrogen and oxygen atoms in total. The first-order valence-corrected chi connectivity index (χ1v) is 8.36. The summed E-state index contributed by atoms with van der Waals surface area (Å²) in [6.45, 7) is 12.5. The Hall–Kier alpha value is -1.79.